The molecule has 4 heteroatoms. The van der Waals surface area contributed by atoms with Crippen molar-refractivity contribution in [3.63, 3.8) is 0 Å². The van der Waals surface area contributed by atoms with E-state index < -0.39 is 12.1 Å². The van der Waals surface area contributed by atoms with Crippen molar-refractivity contribution in [2.24, 2.45) is 11.8 Å². The Hall–Kier alpha value is -0.250. The average molecular weight is 251 g/mol. The van der Waals surface area contributed by atoms with Gasteiger partial charge in [0, 0.05) is 6.04 Å². The van der Waals surface area contributed by atoms with Crippen molar-refractivity contribution in [3.8, 4) is 0 Å². The second-order valence-corrected chi connectivity index (χ2v) is 5.39. The van der Waals surface area contributed by atoms with Crippen molar-refractivity contribution in [1.29, 1.82) is 0 Å². The summed E-state index contributed by atoms with van der Waals surface area (Å²) in [6.07, 6.45) is 0.299. The lowest BCUT2D eigenvalue weighted by molar-refractivity contribution is -0.182. The molecule has 1 aliphatic rings. The molecule has 102 valence electrons. The molecule has 0 radical (unpaired) electrons. The predicted molar refractivity (Wildman–Crippen MR) is 63.9 cm³/mol. The summed E-state index contributed by atoms with van der Waals surface area (Å²) < 4.78 is 37.4. The van der Waals surface area contributed by atoms with Crippen molar-refractivity contribution in [2.45, 2.75) is 64.6 Å². The van der Waals surface area contributed by atoms with Crippen molar-refractivity contribution < 1.29 is 13.2 Å². The number of alkyl halides is 3. The Morgan fingerprint density at radius 1 is 1.18 bits per heavy atom. The SMILES string of the molecule is CCCC(C)CNC1CCC(C(F)(F)F)CC1. The summed E-state index contributed by atoms with van der Waals surface area (Å²) in [6.45, 7) is 5.29. The van der Waals surface area contributed by atoms with Crippen molar-refractivity contribution >= 4 is 0 Å². The minimum atomic E-state index is -3.99. The fourth-order valence-corrected chi connectivity index (χ4v) is 2.59. The Morgan fingerprint density at radius 3 is 2.24 bits per heavy atom. The van der Waals surface area contributed by atoms with E-state index in [-0.39, 0.29) is 0 Å². The number of hydrogen-bond donors (Lipinski definition) is 1. The third-order valence-electron chi connectivity index (χ3n) is 3.73. The average Bonchev–Trinajstić information content (AvgIpc) is 2.26. The van der Waals surface area contributed by atoms with Crippen LogP contribution in [0.25, 0.3) is 0 Å². The lowest BCUT2D eigenvalue weighted by Crippen LogP contribution is -2.38. The van der Waals surface area contributed by atoms with Crippen LogP contribution in [0.5, 0.6) is 0 Å². The van der Waals surface area contributed by atoms with Gasteiger partial charge in [-0.25, -0.2) is 0 Å². The summed E-state index contributed by atoms with van der Waals surface area (Å²) in [5.74, 6) is -0.436. The fourth-order valence-electron chi connectivity index (χ4n) is 2.59. The zero-order chi connectivity index (χ0) is 12.9. The van der Waals surface area contributed by atoms with Crippen molar-refractivity contribution in [3.05, 3.63) is 0 Å². The van der Waals surface area contributed by atoms with Gasteiger partial charge in [0.1, 0.15) is 0 Å². The maximum atomic E-state index is 12.5. The first kappa shape index (κ1) is 14.8. The van der Waals surface area contributed by atoms with Gasteiger partial charge in [0.05, 0.1) is 5.92 Å². The Kier molecular flexibility index (Phi) is 5.77. The molecular weight excluding hydrogens is 227 g/mol. The van der Waals surface area contributed by atoms with Gasteiger partial charge in [0.2, 0.25) is 0 Å². The molecule has 1 unspecified atom stereocenters. The topological polar surface area (TPSA) is 12.0 Å². The molecule has 0 saturated heterocycles. The normalized spacial score (nSPS) is 28.1. The molecule has 0 aromatic heterocycles. The third kappa shape index (κ3) is 5.28. The minimum absolute atomic E-state index is 0.295. The van der Waals surface area contributed by atoms with Gasteiger partial charge in [0.25, 0.3) is 0 Å². The standard InChI is InChI=1S/C13H24F3N/c1-3-4-10(2)9-17-12-7-5-11(6-8-12)13(14,15)16/h10-12,17H,3-9H2,1-2H3. The van der Waals surface area contributed by atoms with Gasteiger partial charge < -0.3 is 5.32 Å². The van der Waals surface area contributed by atoms with Gasteiger partial charge in [-0.2, -0.15) is 13.2 Å². The van der Waals surface area contributed by atoms with Crippen LogP contribution in [0.15, 0.2) is 0 Å². The van der Waals surface area contributed by atoms with E-state index in [0.29, 0.717) is 37.6 Å². The Morgan fingerprint density at radius 2 is 1.76 bits per heavy atom. The second-order valence-electron chi connectivity index (χ2n) is 5.39. The molecule has 0 amide bonds. The molecule has 17 heavy (non-hydrogen) atoms. The Bertz CT molecular complexity index is 207. The molecular formula is C13H24F3N. The van der Waals surface area contributed by atoms with E-state index in [4.69, 9.17) is 0 Å². The molecule has 1 nitrogen and oxygen atoms in total. The van der Waals surface area contributed by atoms with Gasteiger partial charge in [-0.15, -0.1) is 0 Å². The molecule has 1 rings (SSSR count). The first-order chi connectivity index (χ1) is 7.93. The van der Waals surface area contributed by atoms with Gasteiger partial charge >= 0.3 is 6.18 Å². The lowest BCUT2D eigenvalue weighted by Gasteiger charge is -2.31. The molecule has 0 spiro atoms. The summed E-state index contributed by atoms with van der Waals surface area (Å²) in [6, 6.07) is 0.299. The van der Waals surface area contributed by atoms with E-state index in [2.05, 4.69) is 19.2 Å². The Labute approximate surface area is 102 Å². The number of hydrogen-bond acceptors (Lipinski definition) is 1. The molecule has 1 fully saturated rings. The van der Waals surface area contributed by atoms with Crippen LogP contribution >= 0.6 is 0 Å². The quantitative estimate of drug-likeness (QED) is 0.774. The smallest absolute Gasteiger partial charge is 0.314 e. The number of nitrogens with one attached hydrogen (secondary N) is 1. The fraction of sp³-hybridized carbons (Fsp3) is 1.00. The number of halogens is 3. The number of rotatable bonds is 5. The first-order valence-electron chi connectivity index (χ1n) is 6.73. The van der Waals surface area contributed by atoms with E-state index in [0.717, 1.165) is 6.54 Å². The van der Waals surface area contributed by atoms with Gasteiger partial charge in [-0.1, -0.05) is 20.3 Å². The summed E-state index contributed by atoms with van der Waals surface area (Å²) in [7, 11) is 0. The highest BCUT2D eigenvalue weighted by Crippen LogP contribution is 2.37. The summed E-state index contributed by atoms with van der Waals surface area (Å²) in [4.78, 5) is 0. The van der Waals surface area contributed by atoms with Crippen LogP contribution in [0, 0.1) is 11.8 Å². The lowest BCUT2D eigenvalue weighted by atomic mass is 9.85. The van der Waals surface area contributed by atoms with Crippen LogP contribution < -0.4 is 5.32 Å². The second kappa shape index (κ2) is 6.62. The highest BCUT2D eigenvalue weighted by atomic mass is 19.4. The van der Waals surface area contributed by atoms with Crippen LogP contribution in [-0.4, -0.2) is 18.8 Å². The molecule has 0 heterocycles. The van der Waals surface area contributed by atoms with Crippen molar-refractivity contribution in [1.82, 2.24) is 5.32 Å². The highest BCUT2D eigenvalue weighted by molar-refractivity contribution is 4.81. The zero-order valence-electron chi connectivity index (χ0n) is 10.8. The van der Waals surface area contributed by atoms with Gasteiger partial charge in [-0.05, 0) is 44.6 Å². The first-order valence-corrected chi connectivity index (χ1v) is 6.73. The van der Waals surface area contributed by atoms with E-state index in [1.165, 1.54) is 12.8 Å². The largest absolute Gasteiger partial charge is 0.391 e. The van der Waals surface area contributed by atoms with E-state index >= 15 is 0 Å². The van der Waals surface area contributed by atoms with E-state index in [9.17, 15) is 13.2 Å². The molecule has 1 atom stereocenters. The molecule has 0 bridgehead atoms. The van der Waals surface area contributed by atoms with Crippen LogP contribution in [0.4, 0.5) is 13.2 Å². The predicted octanol–water partition coefficient (Wildman–Crippen LogP) is 4.13. The van der Waals surface area contributed by atoms with Gasteiger partial charge in [-0.3, -0.25) is 0 Å². The molecule has 1 N–H and O–H groups in total. The van der Waals surface area contributed by atoms with Crippen LogP contribution in [0.2, 0.25) is 0 Å². The zero-order valence-corrected chi connectivity index (χ0v) is 10.8. The monoisotopic (exact) mass is 251 g/mol. The Balaban J connectivity index is 2.19. The molecule has 0 aromatic rings. The van der Waals surface area contributed by atoms with Crippen LogP contribution in [0.3, 0.4) is 0 Å². The highest BCUT2D eigenvalue weighted by Gasteiger charge is 2.41. The molecule has 0 aromatic carbocycles. The molecule has 0 aliphatic heterocycles. The molecule has 1 saturated carbocycles. The summed E-state index contributed by atoms with van der Waals surface area (Å²) >= 11 is 0. The van der Waals surface area contributed by atoms with Crippen LogP contribution in [-0.2, 0) is 0 Å². The maximum Gasteiger partial charge on any atom is 0.391 e. The third-order valence-corrected chi connectivity index (χ3v) is 3.73. The van der Waals surface area contributed by atoms with E-state index in [1.807, 2.05) is 0 Å². The van der Waals surface area contributed by atoms with Crippen molar-refractivity contribution in [2.75, 3.05) is 6.54 Å². The van der Waals surface area contributed by atoms with Crippen LogP contribution in [0.1, 0.15) is 52.4 Å². The van der Waals surface area contributed by atoms with E-state index in [1.54, 1.807) is 0 Å². The van der Waals surface area contributed by atoms with Gasteiger partial charge in [0.15, 0.2) is 0 Å². The maximum absolute atomic E-state index is 12.5. The molecule has 1 aliphatic carbocycles. The summed E-state index contributed by atoms with van der Waals surface area (Å²) in [5.41, 5.74) is 0. The minimum Gasteiger partial charge on any atom is -0.314 e. The summed E-state index contributed by atoms with van der Waals surface area (Å²) in [5, 5.41) is 3.41.